The molecule has 0 aliphatic carbocycles. The van der Waals surface area contributed by atoms with Crippen LogP contribution in [0.3, 0.4) is 0 Å². The van der Waals surface area contributed by atoms with Gasteiger partial charge >= 0.3 is 11.7 Å². The first-order chi connectivity index (χ1) is 13.3. The molecule has 0 bridgehead atoms. The SMILES string of the molecule is CCCn1nc(C(=O)OCc2cc(=O)n(C)c(=O)n2C)c2ccccc2c1=O. The normalized spacial score (nSPS) is 11.0. The van der Waals surface area contributed by atoms with Crippen LogP contribution in [0.4, 0.5) is 0 Å². The van der Waals surface area contributed by atoms with Crippen LogP contribution in [0.5, 0.6) is 0 Å². The van der Waals surface area contributed by atoms with Crippen molar-refractivity contribution in [2.75, 3.05) is 0 Å². The standard InChI is InChI=1S/C19H20N4O5/c1-4-9-23-17(25)14-8-6-5-7-13(14)16(20-23)18(26)28-11-12-10-15(24)22(3)19(27)21(12)2/h5-8,10H,4,9,11H2,1-3H3. The number of aromatic nitrogens is 4. The van der Waals surface area contributed by atoms with Gasteiger partial charge in [-0.15, -0.1) is 0 Å². The summed E-state index contributed by atoms with van der Waals surface area (Å²) in [5.41, 5.74) is -1.01. The molecule has 3 aromatic rings. The molecule has 146 valence electrons. The molecule has 0 saturated carbocycles. The average molecular weight is 384 g/mol. The smallest absolute Gasteiger partial charge is 0.359 e. The fraction of sp³-hybridized carbons (Fsp3) is 0.316. The zero-order valence-corrected chi connectivity index (χ0v) is 15.8. The van der Waals surface area contributed by atoms with E-state index in [9.17, 15) is 19.2 Å². The molecule has 0 spiro atoms. The maximum atomic E-state index is 12.7. The monoisotopic (exact) mass is 384 g/mol. The van der Waals surface area contributed by atoms with Crippen LogP contribution in [0, 0.1) is 0 Å². The van der Waals surface area contributed by atoms with Crippen molar-refractivity contribution >= 4 is 16.7 Å². The summed E-state index contributed by atoms with van der Waals surface area (Å²) in [5.74, 6) is -0.742. The van der Waals surface area contributed by atoms with Crippen molar-refractivity contribution in [1.29, 1.82) is 0 Å². The minimum Gasteiger partial charge on any atom is -0.454 e. The molecule has 9 heteroatoms. The molecule has 2 heterocycles. The van der Waals surface area contributed by atoms with Gasteiger partial charge in [-0.25, -0.2) is 14.3 Å². The zero-order valence-electron chi connectivity index (χ0n) is 15.8. The molecule has 0 radical (unpaired) electrons. The van der Waals surface area contributed by atoms with Gasteiger partial charge in [0.25, 0.3) is 11.1 Å². The number of nitrogens with zero attached hydrogens (tertiary/aromatic N) is 4. The summed E-state index contributed by atoms with van der Waals surface area (Å²) in [6.45, 7) is 1.99. The van der Waals surface area contributed by atoms with Gasteiger partial charge in [-0.3, -0.25) is 18.7 Å². The Morgan fingerprint density at radius 1 is 1.07 bits per heavy atom. The van der Waals surface area contributed by atoms with Gasteiger partial charge in [0, 0.05) is 32.1 Å². The number of carbonyl (C=O) groups is 1. The largest absolute Gasteiger partial charge is 0.454 e. The van der Waals surface area contributed by atoms with Crippen molar-refractivity contribution in [2.45, 2.75) is 26.5 Å². The average Bonchev–Trinajstić information content (AvgIpc) is 2.70. The Hall–Kier alpha value is -3.49. The summed E-state index contributed by atoms with van der Waals surface area (Å²) in [6, 6.07) is 7.91. The van der Waals surface area contributed by atoms with E-state index >= 15 is 0 Å². The van der Waals surface area contributed by atoms with E-state index in [4.69, 9.17) is 4.74 Å². The third kappa shape index (κ3) is 3.38. The van der Waals surface area contributed by atoms with Gasteiger partial charge in [-0.05, 0) is 12.5 Å². The summed E-state index contributed by atoms with van der Waals surface area (Å²) in [4.78, 5) is 49.0. The van der Waals surface area contributed by atoms with Gasteiger partial charge in [-0.2, -0.15) is 5.10 Å². The lowest BCUT2D eigenvalue weighted by Crippen LogP contribution is -2.38. The van der Waals surface area contributed by atoms with Crippen LogP contribution < -0.4 is 16.8 Å². The topological polar surface area (TPSA) is 105 Å². The number of hydrogen-bond donors (Lipinski definition) is 0. The molecule has 0 atom stereocenters. The summed E-state index contributed by atoms with van der Waals surface area (Å²) in [5, 5.41) is 4.93. The predicted octanol–water partition coefficient (Wildman–Crippen LogP) is 0.561. The quantitative estimate of drug-likeness (QED) is 0.595. The summed E-state index contributed by atoms with van der Waals surface area (Å²) in [7, 11) is 2.85. The van der Waals surface area contributed by atoms with E-state index in [-0.39, 0.29) is 23.6 Å². The third-order valence-electron chi connectivity index (χ3n) is 4.47. The second-order valence-corrected chi connectivity index (χ2v) is 6.37. The van der Waals surface area contributed by atoms with Gasteiger partial charge < -0.3 is 4.74 Å². The van der Waals surface area contributed by atoms with Crippen molar-refractivity contribution in [2.24, 2.45) is 14.1 Å². The zero-order chi connectivity index (χ0) is 20.4. The number of benzene rings is 1. The highest BCUT2D eigenvalue weighted by Crippen LogP contribution is 2.15. The molecule has 0 saturated heterocycles. The van der Waals surface area contributed by atoms with Gasteiger partial charge in [0.2, 0.25) is 0 Å². The van der Waals surface area contributed by atoms with Gasteiger partial charge in [-0.1, -0.05) is 25.1 Å². The first kappa shape index (κ1) is 19.3. The van der Waals surface area contributed by atoms with Crippen LogP contribution in [-0.2, 0) is 32.0 Å². The molecule has 0 amide bonds. The number of hydrogen-bond acceptors (Lipinski definition) is 6. The molecule has 28 heavy (non-hydrogen) atoms. The summed E-state index contributed by atoms with van der Waals surface area (Å²) >= 11 is 0. The van der Waals surface area contributed by atoms with Crippen molar-refractivity contribution < 1.29 is 9.53 Å². The lowest BCUT2D eigenvalue weighted by molar-refractivity contribution is 0.0455. The van der Waals surface area contributed by atoms with Crippen LogP contribution in [0.1, 0.15) is 29.5 Å². The summed E-state index contributed by atoms with van der Waals surface area (Å²) in [6.07, 6.45) is 0.676. The molecule has 2 aromatic heterocycles. The second-order valence-electron chi connectivity index (χ2n) is 6.37. The highest BCUT2D eigenvalue weighted by atomic mass is 16.5. The molecule has 3 rings (SSSR count). The highest BCUT2D eigenvalue weighted by Gasteiger charge is 2.18. The first-order valence-corrected chi connectivity index (χ1v) is 8.78. The minimum absolute atomic E-state index is 0.0116. The molecule has 0 aliphatic rings. The Labute approximate surface area is 159 Å². The Bertz CT molecular complexity index is 1240. The number of esters is 1. The minimum atomic E-state index is -0.742. The predicted molar refractivity (Wildman–Crippen MR) is 102 cm³/mol. The van der Waals surface area contributed by atoms with E-state index in [1.807, 2.05) is 6.92 Å². The van der Waals surface area contributed by atoms with Crippen LogP contribution in [0.25, 0.3) is 10.8 Å². The van der Waals surface area contributed by atoms with E-state index in [0.29, 0.717) is 23.7 Å². The Balaban J connectivity index is 1.99. The number of ether oxygens (including phenoxy) is 1. The number of fused-ring (bicyclic) bond motifs is 1. The molecule has 0 unspecified atom stereocenters. The molecule has 0 N–H and O–H groups in total. The Morgan fingerprint density at radius 3 is 2.43 bits per heavy atom. The number of aryl methyl sites for hydroxylation is 1. The lowest BCUT2D eigenvalue weighted by atomic mass is 10.1. The van der Waals surface area contributed by atoms with E-state index < -0.39 is 17.2 Å². The number of rotatable bonds is 5. The van der Waals surface area contributed by atoms with E-state index in [2.05, 4.69) is 5.10 Å². The van der Waals surface area contributed by atoms with Crippen molar-refractivity contribution in [3.63, 3.8) is 0 Å². The van der Waals surface area contributed by atoms with Crippen molar-refractivity contribution in [1.82, 2.24) is 18.9 Å². The molecule has 1 aromatic carbocycles. The number of carbonyl (C=O) groups excluding carboxylic acids is 1. The first-order valence-electron chi connectivity index (χ1n) is 8.78. The van der Waals surface area contributed by atoms with Crippen LogP contribution in [0.2, 0.25) is 0 Å². The lowest BCUT2D eigenvalue weighted by Gasteiger charge is -2.12. The van der Waals surface area contributed by atoms with E-state index in [0.717, 1.165) is 4.57 Å². The maximum Gasteiger partial charge on any atom is 0.359 e. The van der Waals surface area contributed by atoms with Crippen molar-refractivity contribution in [3.8, 4) is 0 Å². The molecule has 9 nitrogen and oxygen atoms in total. The fourth-order valence-corrected chi connectivity index (χ4v) is 2.87. The molecular weight excluding hydrogens is 364 g/mol. The van der Waals surface area contributed by atoms with Gasteiger partial charge in [0.15, 0.2) is 5.69 Å². The second kappa shape index (κ2) is 7.63. The highest BCUT2D eigenvalue weighted by molar-refractivity contribution is 6.02. The van der Waals surface area contributed by atoms with Gasteiger partial charge in [0.1, 0.15) is 6.61 Å². The molecule has 0 aliphatic heterocycles. The van der Waals surface area contributed by atoms with Crippen LogP contribution in [0.15, 0.2) is 44.7 Å². The molecular formula is C19H20N4O5. The molecule has 0 fully saturated rings. The van der Waals surface area contributed by atoms with Gasteiger partial charge in [0.05, 0.1) is 11.1 Å². The Morgan fingerprint density at radius 2 is 1.75 bits per heavy atom. The maximum absolute atomic E-state index is 12.7. The third-order valence-corrected chi connectivity index (χ3v) is 4.47. The van der Waals surface area contributed by atoms with E-state index in [1.54, 1.807) is 24.3 Å². The van der Waals surface area contributed by atoms with Crippen LogP contribution in [-0.4, -0.2) is 24.9 Å². The summed E-state index contributed by atoms with van der Waals surface area (Å²) < 4.78 is 8.74. The van der Waals surface area contributed by atoms with Crippen LogP contribution >= 0.6 is 0 Å². The van der Waals surface area contributed by atoms with E-state index in [1.165, 1.54) is 29.4 Å². The van der Waals surface area contributed by atoms with Crippen molar-refractivity contribution in [3.05, 3.63) is 72.9 Å². The Kier molecular flexibility index (Phi) is 5.25. The fourth-order valence-electron chi connectivity index (χ4n) is 2.87.